The molecular formula is C18H27N3O2. The van der Waals surface area contributed by atoms with E-state index in [4.69, 9.17) is 4.74 Å². The third-order valence-corrected chi connectivity index (χ3v) is 4.87. The van der Waals surface area contributed by atoms with E-state index in [-0.39, 0.29) is 11.8 Å². The van der Waals surface area contributed by atoms with E-state index in [9.17, 15) is 4.79 Å². The first-order valence-corrected chi connectivity index (χ1v) is 8.79. The summed E-state index contributed by atoms with van der Waals surface area (Å²) in [7, 11) is 0. The zero-order valence-electron chi connectivity index (χ0n) is 14.2. The van der Waals surface area contributed by atoms with Crippen molar-refractivity contribution >= 4 is 5.91 Å². The Hall–Kier alpha value is -1.62. The lowest BCUT2D eigenvalue weighted by Gasteiger charge is -2.34. The molecule has 5 nitrogen and oxygen atoms in total. The molecule has 2 atom stereocenters. The topological polar surface area (TPSA) is 47.4 Å². The predicted molar refractivity (Wildman–Crippen MR) is 89.0 cm³/mol. The molecule has 1 amide bonds. The number of fused-ring (bicyclic) bond motifs is 1. The van der Waals surface area contributed by atoms with E-state index < -0.39 is 0 Å². The summed E-state index contributed by atoms with van der Waals surface area (Å²) in [5.74, 6) is 0.912. The van der Waals surface area contributed by atoms with Gasteiger partial charge in [-0.15, -0.1) is 0 Å². The molecule has 0 saturated heterocycles. The van der Waals surface area contributed by atoms with Crippen LogP contribution in [0.15, 0.2) is 18.3 Å². The van der Waals surface area contributed by atoms with Crippen molar-refractivity contribution in [2.45, 2.75) is 52.1 Å². The van der Waals surface area contributed by atoms with Gasteiger partial charge in [0.15, 0.2) is 0 Å². The maximum Gasteiger partial charge on any atom is 0.223 e. The lowest BCUT2D eigenvalue weighted by Crippen LogP contribution is -2.40. The summed E-state index contributed by atoms with van der Waals surface area (Å²) in [6, 6.07) is 0. The second kappa shape index (κ2) is 7.30. The average molecular weight is 317 g/mol. The number of amides is 1. The highest BCUT2D eigenvalue weighted by atomic mass is 16.5. The summed E-state index contributed by atoms with van der Waals surface area (Å²) in [5, 5.41) is 4.48. The van der Waals surface area contributed by atoms with Gasteiger partial charge in [-0.2, -0.15) is 5.10 Å². The molecule has 1 aliphatic carbocycles. The second-order valence-corrected chi connectivity index (χ2v) is 6.47. The number of aryl methyl sites for hydroxylation is 1. The van der Waals surface area contributed by atoms with Crippen LogP contribution in [-0.4, -0.2) is 40.3 Å². The molecular weight excluding hydrogens is 290 g/mol. The highest BCUT2D eigenvalue weighted by molar-refractivity contribution is 5.77. The van der Waals surface area contributed by atoms with Crippen molar-refractivity contribution in [1.82, 2.24) is 14.7 Å². The summed E-state index contributed by atoms with van der Waals surface area (Å²) >= 11 is 0. The van der Waals surface area contributed by atoms with Crippen molar-refractivity contribution in [2.24, 2.45) is 5.92 Å². The highest BCUT2D eigenvalue weighted by Gasteiger charge is 2.32. The third-order valence-electron chi connectivity index (χ3n) is 4.87. The van der Waals surface area contributed by atoms with E-state index in [1.165, 1.54) is 11.3 Å². The van der Waals surface area contributed by atoms with Crippen molar-refractivity contribution < 1.29 is 9.53 Å². The van der Waals surface area contributed by atoms with Crippen LogP contribution in [0.25, 0.3) is 0 Å². The molecule has 2 heterocycles. The molecule has 0 bridgehead atoms. The molecule has 1 aromatic heterocycles. The van der Waals surface area contributed by atoms with Gasteiger partial charge < -0.3 is 9.64 Å². The Labute approximate surface area is 138 Å². The molecule has 0 N–H and O–H groups in total. The zero-order valence-corrected chi connectivity index (χ0v) is 14.2. The van der Waals surface area contributed by atoms with Gasteiger partial charge in [0, 0.05) is 44.1 Å². The Morgan fingerprint density at radius 1 is 1.43 bits per heavy atom. The van der Waals surface area contributed by atoms with Crippen LogP contribution in [0.3, 0.4) is 0 Å². The third kappa shape index (κ3) is 3.50. The highest BCUT2D eigenvalue weighted by Crippen LogP contribution is 2.30. The Balaban J connectivity index is 1.73. The molecule has 3 rings (SSSR count). The van der Waals surface area contributed by atoms with Crippen LogP contribution in [0.1, 0.15) is 50.3 Å². The van der Waals surface area contributed by atoms with Gasteiger partial charge in [0.2, 0.25) is 5.91 Å². The summed E-state index contributed by atoms with van der Waals surface area (Å²) in [5.41, 5.74) is 2.43. The molecule has 23 heavy (non-hydrogen) atoms. The molecule has 0 saturated carbocycles. The van der Waals surface area contributed by atoms with E-state index in [2.05, 4.69) is 28.9 Å². The van der Waals surface area contributed by atoms with Crippen LogP contribution in [0.5, 0.6) is 0 Å². The second-order valence-electron chi connectivity index (χ2n) is 6.47. The Bertz CT molecular complexity index is 579. The summed E-state index contributed by atoms with van der Waals surface area (Å²) in [6.07, 6.45) is 9.16. The Morgan fingerprint density at radius 3 is 3.00 bits per heavy atom. The van der Waals surface area contributed by atoms with Crippen molar-refractivity contribution in [2.75, 3.05) is 19.8 Å². The summed E-state index contributed by atoms with van der Waals surface area (Å²) in [4.78, 5) is 14.7. The van der Waals surface area contributed by atoms with Gasteiger partial charge in [0.25, 0.3) is 0 Å². The first-order chi connectivity index (χ1) is 11.2. The minimum absolute atomic E-state index is 0.226. The van der Waals surface area contributed by atoms with Crippen molar-refractivity contribution in [3.63, 3.8) is 0 Å². The van der Waals surface area contributed by atoms with Gasteiger partial charge in [-0.25, -0.2) is 0 Å². The van der Waals surface area contributed by atoms with E-state index in [0.717, 1.165) is 25.9 Å². The molecule has 0 aromatic carbocycles. The van der Waals surface area contributed by atoms with E-state index in [1.807, 2.05) is 18.0 Å². The number of hydrogen-bond donors (Lipinski definition) is 0. The number of carbonyl (C=O) groups is 1. The van der Waals surface area contributed by atoms with Crippen molar-refractivity contribution in [3.05, 3.63) is 29.6 Å². The molecule has 0 spiro atoms. The van der Waals surface area contributed by atoms with Gasteiger partial charge in [-0.1, -0.05) is 12.2 Å². The van der Waals surface area contributed by atoms with E-state index >= 15 is 0 Å². The Morgan fingerprint density at radius 2 is 2.30 bits per heavy atom. The fourth-order valence-electron chi connectivity index (χ4n) is 3.70. The van der Waals surface area contributed by atoms with Gasteiger partial charge >= 0.3 is 0 Å². The lowest BCUT2D eigenvalue weighted by molar-refractivity contribution is -0.133. The quantitative estimate of drug-likeness (QED) is 0.758. The maximum atomic E-state index is 12.7. The normalized spacial score (nSPS) is 23.3. The van der Waals surface area contributed by atoms with Crippen molar-refractivity contribution in [1.29, 1.82) is 0 Å². The number of carbonyl (C=O) groups excluding carboxylic acids is 1. The lowest BCUT2D eigenvalue weighted by atomic mass is 9.95. The van der Waals surface area contributed by atoms with Crippen LogP contribution < -0.4 is 0 Å². The fourth-order valence-corrected chi connectivity index (χ4v) is 3.70. The van der Waals surface area contributed by atoms with Gasteiger partial charge in [-0.05, 0) is 32.6 Å². The number of aromatic nitrogens is 2. The summed E-state index contributed by atoms with van der Waals surface area (Å²) in [6.45, 7) is 7.76. The molecule has 5 heteroatoms. The zero-order chi connectivity index (χ0) is 16.2. The van der Waals surface area contributed by atoms with Crippen LogP contribution >= 0.6 is 0 Å². The van der Waals surface area contributed by atoms with Crippen LogP contribution in [0, 0.1) is 5.92 Å². The number of ether oxygens (including phenoxy) is 1. The van der Waals surface area contributed by atoms with Crippen LogP contribution in [-0.2, 0) is 22.6 Å². The number of rotatable bonds is 6. The van der Waals surface area contributed by atoms with Gasteiger partial charge in [0.1, 0.15) is 0 Å². The Kier molecular flexibility index (Phi) is 5.16. The molecule has 0 radical (unpaired) electrons. The first kappa shape index (κ1) is 16.2. The summed E-state index contributed by atoms with van der Waals surface area (Å²) < 4.78 is 7.73. The number of allylic oxidation sites excluding steroid dienone is 2. The molecule has 126 valence electrons. The molecule has 1 aromatic rings. The predicted octanol–water partition coefficient (Wildman–Crippen LogP) is 2.72. The van der Waals surface area contributed by atoms with E-state index in [1.54, 1.807) is 0 Å². The number of nitrogens with zero attached hydrogens (tertiary/aromatic N) is 3. The largest absolute Gasteiger partial charge is 0.381 e. The smallest absolute Gasteiger partial charge is 0.223 e. The SMILES string of the molecule is CCOC[C@@H]1CN(C(=O)C[C@@H]2C=CCC2)Cc2cnn(CC)c21. The molecule has 0 unspecified atom stereocenters. The fraction of sp³-hybridized carbons (Fsp3) is 0.667. The standard InChI is InChI=1S/C18H27N3O2/c1-3-21-18-15(10-19-21)11-20(12-16(18)13-23-4-2)17(22)9-14-7-5-6-8-14/h5,7,10,14,16H,3-4,6,8-9,11-13H2,1-2H3/t14-,16+/m1/s1. The van der Waals surface area contributed by atoms with Crippen LogP contribution in [0.2, 0.25) is 0 Å². The van der Waals surface area contributed by atoms with Crippen LogP contribution in [0.4, 0.5) is 0 Å². The maximum absolute atomic E-state index is 12.7. The first-order valence-electron chi connectivity index (χ1n) is 8.79. The molecule has 2 aliphatic rings. The minimum atomic E-state index is 0.226. The average Bonchev–Trinajstić information content (AvgIpc) is 3.21. The number of hydrogen-bond acceptors (Lipinski definition) is 3. The minimum Gasteiger partial charge on any atom is -0.381 e. The van der Waals surface area contributed by atoms with Gasteiger partial charge in [-0.3, -0.25) is 9.48 Å². The molecule has 0 fully saturated rings. The van der Waals surface area contributed by atoms with E-state index in [0.29, 0.717) is 32.1 Å². The monoisotopic (exact) mass is 317 g/mol. The van der Waals surface area contributed by atoms with Gasteiger partial charge in [0.05, 0.1) is 18.5 Å². The molecule has 1 aliphatic heterocycles. The van der Waals surface area contributed by atoms with Crippen molar-refractivity contribution in [3.8, 4) is 0 Å².